The van der Waals surface area contributed by atoms with Gasteiger partial charge in [0.05, 0.1) is 18.6 Å². The minimum Gasteiger partial charge on any atom is -0.379 e. The van der Waals surface area contributed by atoms with Gasteiger partial charge >= 0.3 is 0 Å². The van der Waals surface area contributed by atoms with Gasteiger partial charge < -0.3 is 14.3 Å². The largest absolute Gasteiger partial charge is 0.379 e. The topological polar surface area (TPSA) is 81.0 Å². The van der Waals surface area contributed by atoms with Crippen molar-refractivity contribution < 1.29 is 4.74 Å². The molecule has 1 N–H and O–H groups in total. The van der Waals surface area contributed by atoms with Crippen molar-refractivity contribution in [1.29, 1.82) is 0 Å². The molecular weight excluding hydrogens is 476 g/mol. The number of rotatable bonds is 6. The molecule has 1 aromatic carbocycles. The summed E-state index contributed by atoms with van der Waals surface area (Å²) >= 11 is 0. The maximum atomic E-state index is 13.9. The van der Waals surface area contributed by atoms with E-state index in [4.69, 9.17) is 4.74 Å². The molecule has 3 aromatic heterocycles. The van der Waals surface area contributed by atoms with E-state index in [9.17, 15) is 4.79 Å². The second-order valence-corrected chi connectivity index (χ2v) is 12.3. The number of nitrogens with one attached hydrogen (secondary N) is 1. The highest BCUT2D eigenvalue weighted by Gasteiger charge is 2.63. The molecule has 1 aliphatic heterocycles. The lowest BCUT2D eigenvalue weighted by Gasteiger charge is -2.48. The highest BCUT2D eigenvalue weighted by atomic mass is 16.5. The highest BCUT2D eigenvalue weighted by Crippen LogP contribution is 2.70. The molecule has 1 spiro atoms. The van der Waals surface area contributed by atoms with E-state index in [1.54, 1.807) is 6.33 Å². The van der Waals surface area contributed by atoms with E-state index in [1.807, 2.05) is 11.6 Å². The van der Waals surface area contributed by atoms with Crippen LogP contribution in [0.4, 0.5) is 0 Å². The van der Waals surface area contributed by atoms with E-state index in [-0.39, 0.29) is 11.0 Å². The Labute approximate surface area is 221 Å². The summed E-state index contributed by atoms with van der Waals surface area (Å²) in [6.07, 6.45) is 11.1. The van der Waals surface area contributed by atoms with Crippen molar-refractivity contribution >= 4 is 10.9 Å². The van der Waals surface area contributed by atoms with E-state index < -0.39 is 0 Å². The average Bonchev–Trinajstić information content (AvgIpc) is 3.83. The van der Waals surface area contributed by atoms with Gasteiger partial charge in [-0.3, -0.25) is 14.3 Å². The molecule has 8 nitrogen and oxygen atoms in total. The van der Waals surface area contributed by atoms with Gasteiger partial charge in [0.1, 0.15) is 17.7 Å². The zero-order valence-corrected chi connectivity index (χ0v) is 21.9. The molecule has 4 aliphatic rings. The smallest absolute Gasteiger partial charge is 0.279 e. The number of nitrogens with zero attached hydrogens (tertiary/aromatic N) is 5. The van der Waals surface area contributed by atoms with Crippen LogP contribution >= 0.6 is 0 Å². The van der Waals surface area contributed by atoms with Gasteiger partial charge in [-0.05, 0) is 79.2 Å². The number of hydrogen-bond acceptors (Lipinski definition) is 5. The summed E-state index contributed by atoms with van der Waals surface area (Å²) < 4.78 is 9.46. The van der Waals surface area contributed by atoms with Gasteiger partial charge in [0.2, 0.25) is 0 Å². The van der Waals surface area contributed by atoms with Gasteiger partial charge in [-0.15, -0.1) is 10.2 Å². The fourth-order valence-corrected chi connectivity index (χ4v) is 7.21. The normalized spacial score (nSPS) is 22.1. The Bertz CT molecular complexity index is 1590. The van der Waals surface area contributed by atoms with Gasteiger partial charge in [-0.2, -0.15) is 0 Å². The van der Waals surface area contributed by atoms with E-state index in [0.717, 1.165) is 73.8 Å². The van der Waals surface area contributed by atoms with Crippen LogP contribution in [-0.4, -0.2) is 55.5 Å². The molecule has 3 aliphatic carbocycles. The Morgan fingerprint density at radius 3 is 2.66 bits per heavy atom. The first-order chi connectivity index (χ1) is 18.5. The number of H-pyrrole nitrogens is 1. The SMILES string of the molecule is Cn1cnnc1C1(c2cccc(-n3cc(C4CC4)c4cc(CN5CCOCC5)[nH]c4c3=O)c2)CC2(CC2)C1. The second-order valence-electron chi connectivity index (χ2n) is 12.3. The number of fused-ring (bicyclic) bond motifs is 1. The summed E-state index contributed by atoms with van der Waals surface area (Å²) in [4.78, 5) is 19.9. The minimum atomic E-state index is -0.136. The monoisotopic (exact) mass is 510 g/mol. The van der Waals surface area contributed by atoms with Crippen molar-refractivity contribution in [2.75, 3.05) is 26.3 Å². The molecule has 1 saturated heterocycles. The summed E-state index contributed by atoms with van der Waals surface area (Å²) in [6, 6.07) is 10.8. The average molecular weight is 511 g/mol. The van der Waals surface area contributed by atoms with Crippen molar-refractivity contribution in [3.63, 3.8) is 0 Å². The summed E-state index contributed by atoms with van der Waals surface area (Å²) in [6.45, 7) is 4.22. The Hall–Kier alpha value is -3.23. The third-order valence-electron chi connectivity index (χ3n) is 9.53. The molecule has 3 saturated carbocycles. The summed E-state index contributed by atoms with van der Waals surface area (Å²) in [7, 11) is 2.04. The number of aryl methyl sites for hydroxylation is 1. The van der Waals surface area contributed by atoms with Crippen LogP contribution in [0, 0.1) is 5.41 Å². The van der Waals surface area contributed by atoms with Crippen LogP contribution in [0.5, 0.6) is 0 Å². The van der Waals surface area contributed by atoms with Gasteiger partial charge in [-0.25, -0.2) is 0 Å². The number of benzene rings is 1. The zero-order chi connectivity index (χ0) is 25.5. The third kappa shape index (κ3) is 3.53. The lowest BCUT2D eigenvalue weighted by molar-refractivity contribution is 0.0337. The molecule has 4 aromatic rings. The van der Waals surface area contributed by atoms with Crippen LogP contribution in [-0.2, 0) is 23.7 Å². The second kappa shape index (κ2) is 8.13. The van der Waals surface area contributed by atoms with Gasteiger partial charge in [0.15, 0.2) is 0 Å². The van der Waals surface area contributed by atoms with E-state index in [1.165, 1.54) is 36.8 Å². The van der Waals surface area contributed by atoms with Crippen molar-refractivity contribution in [2.45, 2.75) is 56.4 Å². The fraction of sp³-hybridized carbons (Fsp3) is 0.500. The van der Waals surface area contributed by atoms with Gasteiger partial charge in [0, 0.05) is 49.6 Å². The molecule has 4 fully saturated rings. The molecule has 0 atom stereocenters. The predicted molar refractivity (Wildman–Crippen MR) is 145 cm³/mol. The number of aromatic amines is 1. The van der Waals surface area contributed by atoms with Crippen molar-refractivity contribution in [3.8, 4) is 5.69 Å². The Kier molecular flexibility index (Phi) is 4.86. The van der Waals surface area contributed by atoms with Gasteiger partial charge in [-0.1, -0.05) is 12.1 Å². The molecule has 8 heteroatoms. The number of ether oxygens (including phenoxy) is 1. The lowest BCUT2D eigenvalue weighted by Crippen LogP contribution is -2.45. The first-order valence-electron chi connectivity index (χ1n) is 14.1. The molecule has 8 rings (SSSR count). The van der Waals surface area contributed by atoms with Crippen molar-refractivity contribution in [1.82, 2.24) is 29.2 Å². The quantitative estimate of drug-likeness (QED) is 0.424. The standard InChI is InChI=1S/C30H34N6O2/c1-34-19-31-33-28(34)30(17-29(18-30)7-8-29)21-3-2-4-23(13-21)36-16-25(20-5-6-20)24-14-22(32-26(24)27(36)37)15-35-9-11-38-12-10-35/h2-4,13-14,16,19-20,32H,5-12,15,17-18H2,1H3. The van der Waals surface area contributed by atoms with Crippen molar-refractivity contribution in [2.24, 2.45) is 12.5 Å². The first-order valence-corrected chi connectivity index (χ1v) is 14.1. The van der Waals surface area contributed by atoms with Crippen LogP contribution in [0.25, 0.3) is 16.6 Å². The number of morpholine rings is 1. The van der Waals surface area contributed by atoms with Crippen molar-refractivity contribution in [3.05, 3.63) is 75.9 Å². The number of pyridine rings is 1. The maximum Gasteiger partial charge on any atom is 0.279 e. The Morgan fingerprint density at radius 2 is 1.95 bits per heavy atom. The minimum absolute atomic E-state index is 0.0229. The Balaban J connectivity index is 1.22. The molecular formula is C30H34N6O2. The molecule has 0 bridgehead atoms. The molecule has 38 heavy (non-hydrogen) atoms. The Morgan fingerprint density at radius 1 is 1.13 bits per heavy atom. The van der Waals surface area contributed by atoms with Crippen LogP contribution in [0.1, 0.15) is 67.1 Å². The summed E-state index contributed by atoms with van der Waals surface area (Å²) in [5.74, 6) is 1.57. The fourth-order valence-electron chi connectivity index (χ4n) is 7.21. The number of hydrogen-bond donors (Lipinski definition) is 1. The van der Waals surface area contributed by atoms with Crippen LogP contribution in [0.15, 0.2) is 47.7 Å². The molecule has 0 radical (unpaired) electrons. The molecule has 0 amide bonds. The van der Waals surface area contributed by atoms with Crippen LogP contribution in [0.3, 0.4) is 0 Å². The number of aromatic nitrogens is 5. The zero-order valence-electron chi connectivity index (χ0n) is 21.9. The predicted octanol–water partition coefficient (Wildman–Crippen LogP) is 4.02. The summed E-state index contributed by atoms with van der Waals surface area (Å²) in [5.41, 5.74) is 5.67. The van der Waals surface area contributed by atoms with Crippen LogP contribution < -0.4 is 5.56 Å². The van der Waals surface area contributed by atoms with E-state index in [2.05, 4.69) is 61.2 Å². The lowest BCUT2D eigenvalue weighted by atomic mass is 9.56. The van der Waals surface area contributed by atoms with E-state index in [0.29, 0.717) is 11.3 Å². The molecule has 196 valence electrons. The molecule has 0 unspecified atom stereocenters. The maximum absolute atomic E-state index is 13.9. The van der Waals surface area contributed by atoms with Crippen LogP contribution in [0.2, 0.25) is 0 Å². The first kappa shape index (κ1) is 22.7. The summed E-state index contributed by atoms with van der Waals surface area (Å²) in [5, 5.41) is 9.88. The van der Waals surface area contributed by atoms with E-state index >= 15 is 0 Å². The third-order valence-corrected chi connectivity index (χ3v) is 9.53. The highest BCUT2D eigenvalue weighted by molar-refractivity contribution is 5.84. The van der Waals surface area contributed by atoms with Gasteiger partial charge in [0.25, 0.3) is 5.56 Å². The molecule has 4 heterocycles.